The van der Waals surface area contributed by atoms with E-state index in [0.29, 0.717) is 0 Å². The lowest BCUT2D eigenvalue weighted by Crippen LogP contribution is -2.04. The Hall–Kier alpha value is -0.510. The van der Waals surface area contributed by atoms with E-state index in [4.69, 9.17) is 5.26 Å². The van der Waals surface area contributed by atoms with Crippen LogP contribution in [0.1, 0.15) is 52.9 Å². The van der Waals surface area contributed by atoms with Gasteiger partial charge < -0.3 is 0 Å². The van der Waals surface area contributed by atoms with Crippen molar-refractivity contribution in [1.82, 2.24) is 0 Å². The minimum Gasteiger partial charge on any atom is -0.198 e. The third-order valence-corrected chi connectivity index (χ3v) is 2.17. The molecule has 0 heterocycles. The molecule has 0 amide bonds. The Bertz CT molecular complexity index is 132. The van der Waals surface area contributed by atoms with Gasteiger partial charge in [0.1, 0.15) is 0 Å². The van der Waals surface area contributed by atoms with Crippen molar-refractivity contribution in [1.29, 1.82) is 5.26 Å². The molecule has 12 heavy (non-hydrogen) atoms. The van der Waals surface area contributed by atoms with Crippen molar-refractivity contribution in [2.45, 2.75) is 52.9 Å². The summed E-state index contributed by atoms with van der Waals surface area (Å²) in [5.41, 5.74) is 0. The van der Waals surface area contributed by atoms with E-state index in [0.717, 1.165) is 24.7 Å². The van der Waals surface area contributed by atoms with E-state index in [1.807, 2.05) is 0 Å². The molecule has 0 spiro atoms. The average molecular weight is 167 g/mol. The summed E-state index contributed by atoms with van der Waals surface area (Å²) in [6.45, 7) is 6.74. The second kappa shape index (κ2) is 7.16. The second-order valence-corrected chi connectivity index (χ2v) is 3.98. The van der Waals surface area contributed by atoms with Gasteiger partial charge in [-0.15, -0.1) is 0 Å². The lowest BCUT2D eigenvalue weighted by molar-refractivity contribution is 0.364. The maximum absolute atomic E-state index is 8.47. The van der Waals surface area contributed by atoms with Crippen molar-refractivity contribution < 1.29 is 0 Å². The third-order valence-electron chi connectivity index (χ3n) is 2.17. The fourth-order valence-corrected chi connectivity index (χ4v) is 1.72. The monoisotopic (exact) mass is 167 g/mol. The quantitative estimate of drug-likeness (QED) is 0.591. The number of rotatable bonds is 6. The molecule has 0 aliphatic rings. The Morgan fingerprint density at radius 3 is 2.33 bits per heavy atom. The second-order valence-electron chi connectivity index (χ2n) is 3.98. The first-order valence-electron chi connectivity index (χ1n) is 5.07. The van der Waals surface area contributed by atoms with Gasteiger partial charge in [-0.1, -0.05) is 33.6 Å². The normalized spacial score (nSPS) is 12.9. The first kappa shape index (κ1) is 11.5. The van der Waals surface area contributed by atoms with Crippen LogP contribution in [-0.4, -0.2) is 0 Å². The SMILES string of the molecule is CCCC(CCC#N)CC(C)C. The standard InChI is InChI=1S/C11H21N/c1-4-6-11(7-5-8-12)9-10(2)3/h10-11H,4-7,9H2,1-3H3. The van der Waals surface area contributed by atoms with E-state index in [-0.39, 0.29) is 0 Å². The van der Waals surface area contributed by atoms with Crippen LogP contribution in [0.2, 0.25) is 0 Å². The highest BCUT2D eigenvalue weighted by molar-refractivity contribution is 4.72. The van der Waals surface area contributed by atoms with Gasteiger partial charge in [0.2, 0.25) is 0 Å². The minimum absolute atomic E-state index is 0.734. The maximum Gasteiger partial charge on any atom is 0.0621 e. The largest absolute Gasteiger partial charge is 0.198 e. The fourth-order valence-electron chi connectivity index (χ4n) is 1.72. The smallest absolute Gasteiger partial charge is 0.0621 e. The molecular formula is C11H21N. The van der Waals surface area contributed by atoms with Crippen molar-refractivity contribution in [3.05, 3.63) is 0 Å². The Labute approximate surface area is 76.8 Å². The summed E-state index contributed by atoms with van der Waals surface area (Å²) in [4.78, 5) is 0. The Morgan fingerprint density at radius 1 is 1.25 bits per heavy atom. The van der Waals surface area contributed by atoms with Gasteiger partial charge >= 0.3 is 0 Å². The molecule has 0 saturated carbocycles. The van der Waals surface area contributed by atoms with Crippen molar-refractivity contribution in [3.63, 3.8) is 0 Å². The minimum atomic E-state index is 0.734. The van der Waals surface area contributed by atoms with Crippen LogP contribution >= 0.6 is 0 Å². The van der Waals surface area contributed by atoms with Gasteiger partial charge in [-0.25, -0.2) is 0 Å². The van der Waals surface area contributed by atoms with Crippen LogP contribution in [0.3, 0.4) is 0 Å². The zero-order chi connectivity index (χ0) is 9.40. The lowest BCUT2D eigenvalue weighted by Gasteiger charge is -2.16. The summed E-state index contributed by atoms with van der Waals surface area (Å²) in [5.74, 6) is 1.56. The Balaban J connectivity index is 3.63. The summed E-state index contributed by atoms with van der Waals surface area (Å²) in [7, 11) is 0. The van der Waals surface area contributed by atoms with Crippen LogP contribution in [0.4, 0.5) is 0 Å². The maximum atomic E-state index is 8.47. The topological polar surface area (TPSA) is 23.8 Å². The van der Waals surface area contributed by atoms with E-state index < -0.39 is 0 Å². The van der Waals surface area contributed by atoms with E-state index in [2.05, 4.69) is 26.8 Å². The number of hydrogen-bond acceptors (Lipinski definition) is 1. The molecular weight excluding hydrogens is 146 g/mol. The molecule has 1 atom stereocenters. The molecule has 0 aromatic carbocycles. The van der Waals surface area contributed by atoms with Crippen LogP contribution in [0.25, 0.3) is 0 Å². The molecule has 70 valence electrons. The zero-order valence-corrected chi connectivity index (χ0v) is 8.64. The highest BCUT2D eigenvalue weighted by Crippen LogP contribution is 2.21. The summed E-state index contributed by atoms with van der Waals surface area (Å²) in [6, 6.07) is 2.23. The Kier molecular flexibility index (Phi) is 6.85. The van der Waals surface area contributed by atoms with Crippen LogP contribution in [0, 0.1) is 23.2 Å². The van der Waals surface area contributed by atoms with E-state index in [9.17, 15) is 0 Å². The van der Waals surface area contributed by atoms with Crippen LogP contribution in [0.15, 0.2) is 0 Å². The van der Waals surface area contributed by atoms with Crippen LogP contribution < -0.4 is 0 Å². The molecule has 0 N–H and O–H groups in total. The van der Waals surface area contributed by atoms with Gasteiger partial charge in [0.15, 0.2) is 0 Å². The van der Waals surface area contributed by atoms with Gasteiger partial charge in [0.05, 0.1) is 6.07 Å². The van der Waals surface area contributed by atoms with Gasteiger partial charge in [-0.2, -0.15) is 5.26 Å². The predicted octanol–water partition coefficient (Wildman–Crippen LogP) is 3.75. The van der Waals surface area contributed by atoms with Crippen molar-refractivity contribution in [2.75, 3.05) is 0 Å². The molecule has 0 aromatic rings. The molecule has 1 heteroatoms. The summed E-state index contributed by atoms with van der Waals surface area (Å²) in [5, 5.41) is 8.47. The summed E-state index contributed by atoms with van der Waals surface area (Å²) < 4.78 is 0. The van der Waals surface area contributed by atoms with Crippen molar-refractivity contribution >= 4 is 0 Å². The van der Waals surface area contributed by atoms with Crippen molar-refractivity contribution in [2.24, 2.45) is 11.8 Å². The fraction of sp³-hybridized carbons (Fsp3) is 0.909. The van der Waals surface area contributed by atoms with E-state index >= 15 is 0 Å². The van der Waals surface area contributed by atoms with Crippen LogP contribution in [-0.2, 0) is 0 Å². The molecule has 0 aliphatic heterocycles. The first-order valence-corrected chi connectivity index (χ1v) is 5.07. The summed E-state index contributed by atoms with van der Waals surface area (Å²) in [6.07, 6.45) is 5.66. The summed E-state index contributed by atoms with van der Waals surface area (Å²) >= 11 is 0. The van der Waals surface area contributed by atoms with E-state index in [1.54, 1.807) is 0 Å². The average Bonchev–Trinajstić information content (AvgIpc) is 2.00. The number of nitriles is 1. The Morgan fingerprint density at radius 2 is 1.92 bits per heavy atom. The molecule has 0 bridgehead atoms. The highest BCUT2D eigenvalue weighted by Gasteiger charge is 2.08. The van der Waals surface area contributed by atoms with Gasteiger partial charge in [0, 0.05) is 6.42 Å². The van der Waals surface area contributed by atoms with Crippen molar-refractivity contribution in [3.8, 4) is 6.07 Å². The third kappa shape index (κ3) is 6.22. The van der Waals surface area contributed by atoms with Gasteiger partial charge in [-0.05, 0) is 24.7 Å². The molecule has 0 aromatic heterocycles. The molecule has 0 rings (SSSR count). The van der Waals surface area contributed by atoms with Gasteiger partial charge in [-0.3, -0.25) is 0 Å². The molecule has 0 aliphatic carbocycles. The van der Waals surface area contributed by atoms with Gasteiger partial charge in [0.25, 0.3) is 0 Å². The lowest BCUT2D eigenvalue weighted by atomic mass is 9.89. The van der Waals surface area contributed by atoms with Crippen LogP contribution in [0.5, 0.6) is 0 Å². The molecule has 0 radical (unpaired) electrons. The first-order chi connectivity index (χ1) is 5.70. The predicted molar refractivity (Wildman–Crippen MR) is 52.7 cm³/mol. The number of hydrogen-bond donors (Lipinski definition) is 0. The number of nitrogens with zero attached hydrogens (tertiary/aromatic N) is 1. The zero-order valence-electron chi connectivity index (χ0n) is 8.64. The molecule has 0 fully saturated rings. The highest BCUT2D eigenvalue weighted by atomic mass is 14.2. The molecule has 1 unspecified atom stereocenters. The molecule has 0 saturated heterocycles. The molecule has 1 nitrogen and oxygen atoms in total. The van der Waals surface area contributed by atoms with E-state index in [1.165, 1.54) is 19.3 Å².